The molecule has 4 heteroatoms. The smallest absolute Gasteiger partial charge is 0.162 e. The first-order chi connectivity index (χ1) is 9.97. The van der Waals surface area contributed by atoms with Gasteiger partial charge in [0.15, 0.2) is 11.6 Å². The van der Waals surface area contributed by atoms with E-state index in [2.05, 4.69) is 0 Å². The van der Waals surface area contributed by atoms with Crippen LogP contribution in [0, 0.1) is 11.6 Å². The standard InChI is InChI=1S/C17H19F2NO/c1-11(2)21-14-8-6-12(7-9-14)16(20)10-13-4-3-5-15(18)17(13)19/h3-9,11,16H,10,20H2,1-2H3. The van der Waals surface area contributed by atoms with Crippen molar-refractivity contribution in [3.05, 3.63) is 65.2 Å². The normalized spacial score (nSPS) is 12.5. The third-order valence-corrected chi connectivity index (χ3v) is 3.15. The van der Waals surface area contributed by atoms with Crippen LogP contribution >= 0.6 is 0 Å². The second kappa shape index (κ2) is 6.68. The molecule has 0 aromatic heterocycles. The topological polar surface area (TPSA) is 35.2 Å². The first-order valence-corrected chi connectivity index (χ1v) is 6.92. The molecule has 2 nitrogen and oxygen atoms in total. The van der Waals surface area contributed by atoms with Gasteiger partial charge in [-0.25, -0.2) is 8.78 Å². The van der Waals surface area contributed by atoms with E-state index in [0.29, 0.717) is 0 Å². The first-order valence-electron chi connectivity index (χ1n) is 6.92. The lowest BCUT2D eigenvalue weighted by Gasteiger charge is -2.15. The van der Waals surface area contributed by atoms with Crippen LogP contribution in [0.15, 0.2) is 42.5 Å². The van der Waals surface area contributed by atoms with Crippen molar-refractivity contribution >= 4 is 0 Å². The summed E-state index contributed by atoms with van der Waals surface area (Å²) in [6.07, 6.45) is 0.347. The van der Waals surface area contributed by atoms with Gasteiger partial charge < -0.3 is 10.5 Å². The van der Waals surface area contributed by atoms with E-state index >= 15 is 0 Å². The highest BCUT2D eigenvalue weighted by Crippen LogP contribution is 2.22. The molecule has 2 aromatic rings. The van der Waals surface area contributed by atoms with Crippen LogP contribution in [0.1, 0.15) is 31.0 Å². The Morgan fingerprint density at radius 1 is 1.05 bits per heavy atom. The number of hydrogen-bond acceptors (Lipinski definition) is 2. The zero-order valence-corrected chi connectivity index (χ0v) is 12.1. The quantitative estimate of drug-likeness (QED) is 0.904. The lowest BCUT2D eigenvalue weighted by atomic mass is 9.99. The van der Waals surface area contributed by atoms with E-state index in [0.717, 1.165) is 17.4 Å². The Labute approximate surface area is 123 Å². The molecule has 0 heterocycles. The van der Waals surface area contributed by atoms with Gasteiger partial charge in [0.05, 0.1) is 6.10 Å². The van der Waals surface area contributed by atoms with Gasteiger partial charge in [0, 0.05) is 6.04 Å². The van der Waals surface area contributed by atoms with Gasteiger partial charge in [0.1, 0.15) is 5.75 Å². The van der Waals surface area contributed by atoms with Crippen LogP contribution in [0.2, 0.25) is 0 Å². The summed E-state index contributed by atoms with van der Waals surface area (Å²) in [5.41, 5.74) is 7.21. The largest absolute Gasteiger partial charge is 0.491 e. The summed E-state index contributed by atoms with van der Waals surface area (Å²) in [5.74, 6) is -0.911. The van der Waals surface area contributed by atoms with Gasteiger partial charge in [0.2, 0.25) is 0 Å². The minimum Gasteiger partial charge on any atom is -0.491 e. The molecule has 2 aromatic carbocycles. The van der Waals surface area contributed by atoms with Crippen molar-refractivity contribution in [3.8, 4) is 5.75 Å². The van der Waals surface area contributed by atoms with Gasteiger partial charge in [-0.05, 0) is 49.6 Å². The zero-order chi connectivity index (χ0) is 15.4. The number of rotatable bonds is 5. The molecule has 0 aliphatic carbocycles. The lowest BCUT2D eigenvalue weighted by Crippen LogP contribution is -2.14. The Hall–Kier alpha value is -1.94. The van der Waals surface area contributed by atoms with Crippen molar-refractivity contribution in [1.82, 2.24) is 0 Å². The van der Waals surface area contributed by atoms with Crippen LogP contribution in [0.3, 0.4) is 0 Å². The van der Waals surface area contributed by atoms with Gasteiger partial charge >= 0.3 is 0 Å². The molecule has 0 saturated carbocycles. The third kappa shape index (κ3) is 4.02. The number of hydrogen-bond donors (Lipinski definition) is 1. The summed E-state index contributed by atoms with van der Waals surface area (Å²) >= 11 is 0. The summed E-state index contributed by atoms with van der Waals surface area (Å²) in [4.78, 5) is 0. The molecule has 0 aliphatic rings. The first kappa shape index (κ1) is 15.4. The Morgan fingerprint density at radius 2 is 1.71 bits per heavy atom. The highest BCUT2D eigenvalue weighted by molar-refractivity contribution is 5.31. The second-order valence-corrected chi connectivity index (χ2v) is 5.26. The summed E-state index contributed by atoms with van der Waals surface area (Å²) < 4.78 is 32.4. The van der Waals surface area contributed by atoms with E-state index in [1.54, 1.807) is 6.07 Å². The van der Waals surface area contributed by atoms with Crippen molar-refractivity contribution < 1.29 is 13.5 Å². The monoisotopic (exact) mass is 291 g/mol. The lowest BCUT2D eigenvalue weighted by molar-refractivity contribution is 0.242. The molecule has 0 radical (unpaired) electrons. The zero-order valence-electron chi connectivity index (χ0n) is 12.1. The van der Waals surface area contributed by atoms with Crippen LogP contribution in [-0.4, -0.2) is 6.10 Å². The Bertz CT molecular complexity index is 596. The third-order valence-electron chi connectivity index (χ3n) is 3.15. The minimum absolute atomic E-state index is 0.103. The maximum absolute atomic E-state index is 13.6. The van der Waals surface area contributed by atoms with Crippen molar-refractivity contribution in [3.63, 3.8) is 0 Å². The fourth-order valence-electron chi connectivity index (χ4n) is 2.13. The summed E-state index contributed by atoms with van der Waals surface area (Å²) in [7, 11) is 0. The molecule has 0 amide bonds. The molecule has 112 valence electrons. The summed E-state index contributed by atoms with van der Waals surface area (Å²) in [6, 6.07) is 11.1. The fraction of sp³-hybridized carbons (Fsp3) is 0.294. The molecule has 2 N–H and O–H groups in total. The average molecular weight is 291 g/mol. The van der Waals surface area contributed by atoms with E-state index in [9.17, 15) is 8.78 Å². The predicted octanol–water partition coefficient (Wildman–Crippen LogP) is 3.99. The molecule has 1 unspecified atom stereocenters. The van der Waals surface area contributed by atoms with Gasteiger partial charge in [-0.1, -0.05) is 24.3 Å². The van der Waals surface area contributed by atoms with Crippen LogP contribution < -0.4 is 10.5 Å². The number of nitrogens with two attached hydrogens (primary N) is 1. The van der Waals surface area contributed by atoms with Crippen molar-refractivity contribution in [2.75, 3.05) is 0 Å². The average Bonchev–Trinajstić information content (AvgIpc) is 2.44. The highest BCUT2D eigenvalue weighted by Gasteiger charge is 2.13. The highest BCUT2D eigenvalue weighted by atomic mass is 19.2. The number of ether oxygens (including phenoxy) is 1. The van der Waals surface area contributed by atoms with E-state index in [1.807, 2.05) is 38.1 Å². The molecule has 1 atom stereocenters. The summed E-state index contributed by atoms with van der Waals surface area (Å²) in [6.45, 7) is 3.90. The van der Waals surface area contributed by atoms with Gasteiger partial charge in [-0.2, -0.15) is 0 Å². The fourth-order valence-corrected chi connectivity index (χ4v) is 2.13. The minimum atomic E-state index is -0.847. The van der Waals surface area contributed by atoms with Crippen molar-refractivity contribution in [2.24, 2.45) is 5.73 Å². The van der Waals surface area contributed by atoms with Crippen molar-refractivity contribution in [1.29, 1.82) is 0 Å². The van der Waals surface area contributed by atoms with Crippen LogP contribution in [-0.2, 0) is 6.42 Å². The summed E-state index contributed by atoms with van der Waals surface area (Å²) in [5, 5.41) is 0. The molecule has 0 bridgehead atoms. The van der Waals surface area contributed by atoms with Crippen LogP contribution in [0.25, 0.3) is 0 Å². The van der Waals surface area contributed by atoms with E-state index in [1.165, 1.54) is 6.07 Å². The molecule has 0 saturated heterocycles. The van der Waals surface area contributed by atoms with Gasteiger partial charge in [0.25, 0.3) is 0 Å². The van der Waals surface area contributed by atoms with E-state index in [4.69, 9.17) is 10.5 Å². The Morgan fingerprint density at radius 3 is 2.33 bits per heavy atom. The maximum atomic E-state index is 13.6. The molecular formula is C17H19F2NO. The molecular weight excluding hydrogens is 272 g/mol. The molecule has 0 spiro atoms. The molecule has 2 rings (SSSR count). The number of benzene rings is 2. The predicted molar refractivity (Wildman–Crippen MR) is 79.2 cm³/mol. The van der Waals surface area contributed by atoms with Crippen molar-refractivity contribution in [2.45, 2.75) is 32.4 Å². The van der Waals surface area contributed by atoms with Gasteiger partial charge in [-0.15, -0.1) is 0 Å². The maximum Gasteiger partial charge on any atom is 0.162 e. The molecule has 0 fully saturated rings. The Balaban J connectivity index is 2.09. The molecule has 21 heavy (non-hydrogen) atoms. The molecule has 0 aliphatic heterocycles. The van der Waals surface area contributed by atoms with E-state index in [-0.39, 0.29) is 18.1 Å². The van der Waals surface area contributed by atoms with Crippen LogP contribution in [0.5, 0.6) is 5.75 Å². The Kier molecular flexibility index (Phi) is 4.91. The second-order valence-electron chi connectivity index (χ2n) is 5.26. The van der Waals surface area contributed by atoms with E-state index < -0.39 is 17.7 Å². The SMILES string of the molecule is CC(C)Oc1ccc(C(N)Cc2cccc(F)c2F)cc1. The number of halogens is 2. The van der Waals surface area contributed by atoms with Gasteiger partial charge in [-0.3, -0.25) is 0 Å². The van der Waals surface area contributed by atoms with Crippen LogP contribution in [0.4, 0.5) is 8.78 Å².